The number of imidazole rings is 1. The number of hydrogen-bond donors (Lipinski definition) is 4. The van der Waals surface area contributed by atoms with Crippen LogP contribution in [0.4, 0.5) is 18.9 Å². The molecule has 2 amide bonds. The van der Waals surface area contributed by atoms with Crippen LogP contribution in [0.5, 0.6) is 11.5 Å². The van der Waals surface area contributed by atoms with Gasteiger partial charge in [0.1, 0.15) is 17.3 Å². The second-order valence-corrected chi connectivity index (χ2v) is 12.3. The molecule has 12 nitrogen and oxygen atoms in total. The Morgan fingerprint density at radius 3 is 2.61 bits per heavy atom. The number of halogens is 3. The van der Waals surface area contributed by atoms with Crippen molar-refractivity contribution in [3.63, 3.8) is 0 Å². The molecule has 278 valence electrons. The van der Waals surface area contributed by atoms with E-state index in [4.69, 9.17) is 19.4 Å². The van der Waals surface area contributed by atoms with Crippen LogP contribution < -0.4 is 15.4 Å². The number of aliphatic carboxylic acids is 1. The number of phenolic OH excluding ortho intramolecular Hbond substituents is 1. The van der Waals surface area contributed by atoms with Gasteiger partial charge in [0.25, 0.3) is 5.91 Å². The Balaban J connectivity index is 0.000000755. The molecule has 1 aliphatic carbocycles. The van der Waals surface area contributed by atoms with Crippen molar-refractivity contribution >= 4 is 23.5 Å². The number of carbonyl (C=O) groups excluding carboxylic acids is 2. The Morgan fingerprint density at radius 1 is 1.12 bits per heavy atom. The molecule has 0 radical (unpaired) electrons. The third-order valence-corrected chi connectivity index (χ3v) is 8.74. The van der Waals surface area contributed by atoms with Crippen molar-refractivity contribution in [2.75, 3.05) is 44.8 Å². The number of amides is 2. The van der Waals surface area contributed by atoms with Gasteiger partial charge in [0, 0.05) is 43.6 Å². The summed E-state index contributed by atoms with van der Waals surface area (Å²) in [5, 5.41) is 23.4. The van der Waals surface area contributed by atoms with Gasteiger partial charge in [-0.05, 0) is 62.4 Å². The van der Waals surface area contributed by atoms with Crippen LogP contribution in [0.3, 0.4) is 0 Å². The number of benzene rings is 2. The number of rotatable bonds is 15. The number of nitrogens with one attached hydrogen (secondary N) is 2. The van der Waals surface area contributed by atoms with Crippen molar-refractivity contribution in [3.05, 3.63) is 59.9 Å². The zero-order chi connectivity index (χ0) is 36.8. The molecule has 1 fully saturated rings. The van der Waals surface area contributed by atoms with E-state index in [1.54, 1.807) is 6.07 Å². The summed E-state index contributed by atoms with van der Waals surface area (Å²) in [6.07, 6.45) is 6.27. The van der Waals surface area contributed by atoms with Gasteiger partial charge in [-0.3, -0.25) is 9.59 Å². The van der Waals surface area contributed by atoms with Crippen LogP contribution in [0.2, 0.25) is 0 Å². The number of carbonyl (C=O) groups is 3. The molecule has 3 aromatic rings. The molecule has 0 saturated heterocycles. The third-order valence-electron chi connectivity index (χ3n) is 8.74. The van der Waals surface area contributed by atoms with Crippen molar-refractivity contribution in [3.8, 4) is 22.9 Å². The summed E-state index contributed by atoms with van der Waals surface area (Å²) in [6.45, 7) is 5.95. The summed E-state index contributed by atoms with van der Waals surface area (Å²) in [4.78, 5) is 40.5. The first-order chi connectivity index (χ1) is 24.5. The van der Waals surface area contributed by atoms with E-state index in [-0.39, 0.29) is 30.2 Å². The highest BCUT2D eigenvalue weighted by Gasteiger charge is 2.38. The Labute approximate surface area is 294 Å². The number of aromatic hydroxyl groups is 1. The number of aromatic nitrogens is 2. The lowest BCUT2D eigenvalue weighted by Crippen LogP contribution is -2.45. The third kappa shape index (κ3) is 11.7. The second kappa shape index (κ2) is 19.1. The summed E-state index contributed by atoms with van der Waals surface area (Å²) >= 11 is 0. The van der Waals surface area contributed by atoms with Crippen LogP contribution in [0.15, 0.2) is 48.8 Å². The largest absolute Gasteiger partial charge is 0.506 e. The van der Waals surface area contributed by atoms with Gasteiger partial charge in [-0.1, -0.05) is 43.5 Å². The average molecular weight is 718 g/mol. The van der Waals surface area contributed by atoms with Gasteiger partial charge < -0.3 is 39.8 Å². The Kier molecular flexibility index (Phi) is 14.7. The molecule has 1 aliphatic heterocycles. The van der Waals surface area contributed by atoms with Crippen LogP contribution in [0, 0.1) is 0 Å². The maximum atomic E-state index is 13.4. The zero-order valence-electron chi connectivity index (χ0n) is 28.7. The van der Waals surface area contributed by atoms with Gasteiger partial charge in [0.2, 0.25) is 5.91 Å². The molecule has 0 unspecified atom stereocenters. The molecule has 0 atom stereocenters. The minimum absolute atomic E-state index is 0.000519. The topological polar surface area (TPSA) is 155 Å². The highest BCUT2D eigenvalue weighted by atomic mass is 19.4. The van der Waals surface area contributed by atoms with E-state index in [0.717, 1.165) is 42.8 Å². The molecule has 1 saturated carbocycles. The summed E-state index contributed by atoms with van der Waals surface area (Å²) in [5.41, 5.74) is 3.55. The fourth-order valence-corrected chi connectivity index (χ4v) is 6.15. The fourth-order valence-electron chi connectivity index (χ4n) is 6.15. The van der Waals surface area contributed by atoms with E-state index in [9.17, 15) is 27.9 Å². The van der Waals surface area contributed by atoms with Gasteiger partial charge in [-0.2, -0.15) is 13.2 Å². The zero-order valence-corrected chi connectivity index (χ0v) is 28.7. The molecule has 15 heteroatoms. The van der Waals surface area contributed by atoms with Crippen LogP contribution >= 0.6 is 0 Å². The molecule has 4 N–H and O–H groups in total. The van der Waals surface area contributed by atoms with E-state index in [1.165, 1.54) is 24.8 Å². The first-order valence-electron chi connectivity index (χ1n) is 17.2. The lowest BCUT2D eigenvalue weighted by molar-refractivity contribution is -0.192. The standard InChI is InChI=1S/C34H45N5O5.C2HF3O2/c1-2-38-19-18-36-34(38)27-8-6-7-25(23-27)14-21-43-22-15-31(42)39(28-9-4-3-5-10-28)20-17-35-16-13-26-11-12-29(40)32-33(26)44-24-30(41)37-32;3-2(4,5)1(6)7/h6-8,11-12,18-19,23,28,35,40H,2-5,9-10,13-17,20-22,24H2,1H3,(H,37,41);(H,6,7). The summed E-state index contributed by atoms with van der Waals surface area (Å²) in [6, 6.07) is 12.1. The summed E-state index contributed by atoms with van der Waals surface area (Å²) in [5.74, 6) is -1.37. The van der Waals surface area contributed by atoms with Gasteiger partial charge in [-0.25, -0.2) is 9.78 Å². The predicted octanol–water partition coefficient (Wildman–Crippen LogP) is 5.18. The Bertz CT molecular complexity index is 1610. The van der Waals surface area contributed by atoms with Crippen molar-refractivity contribution in [1.82, 2.24) is 19.8 Å². The van der Waals surface area contributed by atoms with E-state index >= 15 is 0 Å². The number of hydrogen-bond acceptors (Lipinski definition) is 8. The van der Waals surface area contributed by atoms with Gasteiger partial charge in [-0.15, -0.1) is 0 Å². The minimum atomic E-state index is -5.08. The van der Waals surface area contributed by atoms with Crippen molar-refractivity contribution in [2.24, 2.45) is 0 Å². The molecular weight excluding hydrogens is 671 g/mol. The first kappa shape index (κ1) is 39.2. The number of phenols is 1. The molecule has 51 heavy (non-hydrogen) atoms. The van der Waals surface area contributed by atoms with E-state index in [2.05, 4.69) is 56.3 Å². The van der Waals surface area contributed by atoms with E-state index in [1.807, 2.05) is 18.5 Å². The lowest BCUT2D eigenvalue weighted by Gasteiger charge is -2.34. The second-order valence-electron chi connectivity index (χ2n) is 12.3. The Morgan fingerprint density at radius 2 is 1.88 bits per heavy atom. The monoisotopic (exact) mass is 717 g/mol. The molecule has 2 aromatic carbocycles. The number of anilines is 1. The van der Waals surface area contributed by atoms with Crippen LogP contribution in [0.25, 0.3) is 11.4 Å². The first-order valence-corrected chi connectivity index (χ1v) is 17.2. The summed E-state index contributed by atoms with van der Waals surface area (Å²) < 4.78 is 45.4. The molecular formula is C36H46F3N5O7. The quantitative estimate of drug-likeness (QED) is 0.123. The number of carboxylic acids is 1. The van der Waals surface area contributed by atoms with Gasteiger partial charge in [0.15, 0.2) is 12.4 Å². The molecule has 0 bridgehead atoms. The van der Waals surface area contributed by atoms with E-state index in [0.29, 0.717) is 57.1 Å². The molecule has 2 aliphatic rings. The van der Waals surface area contributed by atoms with Crippen molar-refractivity contribution in [1.29, 1.82) is 0 Å². The van der Waals surface area contributed by atoms with Crippen molar-refractivity contribution < 1.29 is 47.2 Å². The highest BCUT2D eigenvalue weighted by molar-refractivity contribution is 5.97. The number of nitrogens with zero attached hydrogens (tertiary/aromatic N) is 3. The number of ether oxygens (including phenoxy) is 2. The maximum Gasteiger partial charge on any atom is 0.490 e. The Hall–Kier alpha value is -4.63. The molecule has 0 spiro atoms. The number of carboxylic acid groups (broad SMARTS) is 1. The smallest absolute Gasteiger partial charge is 0.490 e. The molecule has 5 rings (SSSR count). The fraction of sp³-hybridized carbons (Fsp3) is 0.500. The number of alkyl halides is 3. The minimum Gasteiger partial charge on any atom is -0.506 e. The number of fused-ring (bicyclic) bond motifs is 1. The van der Waals surface area contributed by atoms with Crippen molar-refractivity contribution in [2.45, 2.75) is 77.1 Å². The predicted molar refractivity (Wildman–Crippen MR) is 184 cm³/mol. The SMILES string of the molecule is CCn1ccnc1-c1cccc(CCOCCC(=O)N(CCNCCc2ccc(O)c3c2OCC(=O)N3)C2CCCCC2)c1.O=C(O)C(F)(F)F. The van der Waals surface area contributed by atoms with Gasteiger partial charge in [0.05, 0.1) is 19.6 Å². The number of aryl methyl sites for hydroxylation is 1. The summed E-state index contributed by atoms with van der Waals surface area (Å²) in [7, 11) is 0. The van der Waals surface area contributed by atoms with Crippen LogP contribution in [-0.4, -0.2) is 94.1 Å². The van der Waals surface area contributed by atoms with Crippen LogP contribution in [0.1, 0.15) is 56.6 Å². The van der Waals surface area contributed by atoms with E-state index < -0.39 is 12.1 Å². The molecule has 1 aromatic heterocycles. The average Bonchev–Trinajstić information content (AvgIpc) is 3.60. The maximum absolute atomic E-state index is 13.4. The highest BCUT2D eigenvalue weighted by Crippen LogP contribution is 2.39. The lowest BCUT2D eigenvalue weighted by atomic mass is 9.94. The normalized spacial score (nSPS) is 14.5. The van der Waals surface area contributed by atoms with Gasteiger partial charge >= 0.3 is 12.1 Å². The molecule has 2 heterocycles. The van der Waals surface area contributed by atoms with Crippen LogP contribution in [-0.2, 0) is 38.5 Å².